The maximum absolute atomic E-state index is 13.9. The summed E-state index contributed by atoms with van der Waals surface area (Å²) >= 11 is 0. The predicted octanol–water partition coefficient (Wildman–Crippen LogP) is 5.18. The monoisotopic (exact) mass is 506 g/mol. The van der Waals surface area contributed by atoms with Crippen LogP contribution in [0.4, 0.5) is 0 Å². The second-order valence-electron chi connectivity index (χ2n) is 10.7. The first kappa shape index (κ1) is 24.5. The summed E-state index contributed by atoms with van der Waals surface area (Å²) in [7, 11) is 2.14. The van der Waals surface area contributed by atoms with E-state index in [-0.39, 0.29) is 11.9 Å². The molecule has 3 heterocycles. The fourth-order valence-corrected chi connectivity index (χ4v) is 5.64. The van der Waals surface area contributed by atoms with Crippen LogP contribution in [0.3, 0.4) is 0 Å². The van der Waals surface area contributed by atoms with Crippen LogP contribution >= 0.6 is 0 Å². The number of hydrogen-bond acceptors (Lipinski definition) is 4. The zero-order valence-electron chi connectivity index (χ0n) is 22.0. The van der Waals surface area contributed by atoms with Gasteiger partial charge in [-0.1, -0.05) is 60.7 Å². The highest BCUT2D eigenvalue weighted by Gasteiger charge is 2.35. The normalized spacial score (nSPS) is 17.4. The fourth-order valence-electron chi connectivity index (χ4n) is 5.64. The zero-order chi connectivity index (χ0) is 26.1. The standard InChI is InChI=1S/C32H34N4O2/c1-32(17-25-18-33-29-13-7-6-12-28(25)29,35-20-27-16-23-10-5-8-14-30(23)38-27)31(37)34-19-26-15-22-9-3-4-11-24(22)21-36(26)2/h3-14,16,18,26,33,35H,15,17,19-21H2,1-2H3,(H,34,37). The first-order valence-corrected chi connectivity index (χ1v) is 13.3. The number of para-hydroxylation sites is 2. The van der Waals surface area contributed by atoms with Gasteiger partial charge in [0.15, 0.2) is 0 Å². The molecule has 38 heavy (non-hydrogen) atoms. The Morgan fingerprint density at radius 2 is 1.82 bits per heavy atom. The molecule has 3 aromatic carbocycles. The molecule has 6 rings (SSSR count). The van der Waals surface area contributed by atoms with E-state index in [0.717, 1.165) is 46.2 Å². The van der Waals surface area contributed by atoms with Crippen molar-refractivity contribution in [2.45, 2.75) is 44.4 Å². The van der Waals surface area contributed by atoms with Crippen molar-refractivity contribution in [3.63, 3.8) is 0 Å². The molecule has 0 radical (unpaired) electrons. The molecule has 2 aromatic heterocycles. The Hall–Kier alpha value is -3.87. The van der Waals surface area contributed by atoms with Crippen molar-refractivity contribution >= 4 is 27.8 Å². The SMILES string of the molecule is CN1Cc2ccccc2CC1CNC(=O)C(C)(Cc1c[nH]c2ccccc12)NCc1cc2ccccc2o1. The summed E-state index contributed by atoms with van der Waals surface area (Å²) in [6, 6.07) is 27.1. The van der Waals surface area contributed by atoms with Crippen molar-refractivity contribution in [2.24, 2.45) is 0 Å². The lowest BCUT2D eigenvalue weighted by Crippen LogP contribution is -2.58. The van der Waals surface area contributed by atoms with E-state index in [1.165, 1.54) is 11.1 Å². The van der Waals surface area contributed by atoms with Crippen molar-refractivity contribution in [3.05, 3.63) is 108 Å². The third-order valence-corrected chi connectivity index (χ3v) is 7.96. The number of benzene rings is 3. The van der Waals surface area contributed by atoms with Crippen LogP contribution in [0.25, 0.3) is 21.9 Å². The number of furan rings is 1. The average Bonchev–Trinajstić information content (AvgIpc) is 3.54. The van der Waals surface area contributed by atoms with Gasteiger partial charge in [0.25, 0.3) is 0 Å². The number of likely N-dealkylation sites (N-methyl/N-ethyl adjacent to an activating group) is 1. The second-order valence-corrected chi connectivity index (χ2v) is 10.7. The summed E-state index contributed by atoms with van der Waals surface area (Å²) in [6.45, 7) is 3.94. The number of nitrogens with zero attached hydrogens (tertiary/aromatic N) is 1. The first-order chi connectivity index (χ1) is 18.5. The van der Waals surface area contributed by atoms with Crippen LogP contribution in [-0.2, 0) is 30.7 Å². The molecule has 0 fully saturated rings. The van der Waals surface area contributed by atoms with Gasteiger partial charge in [0.1, 0.15) is 11.3 Å². The minimum atomic E-state index is -0.838. The lowest BCUT2D eigenvalue weighted by atomic mass is 9.90. The van der Waals surface area contributed by atoms with Crippen molar-refractivity contribution in [1.29, 1.82) is 0 Å². The Kier molecular flexibility index (Phi) is 6.52. The molecule has 194 valence electrons. The average molecular weight is 507 g/mol. The Morgan fingerprint density at radius 3 is 2.68 bits per heavy atom. The van der Waals surface area contributed by atoms with Crippen molar-refractivity contribution < 1.29 is 9.21 Å². The van der Waals surface area contributed by atoms with Crippen LogP contribution in [0.5, 0.6) is 0 Å². The maximum Gasteiger partial charge on any atom is 0.240 e. The van der Waals surface area contributed by atoms with E-state index in [1.807, 2.05) is 55.6 Å². The maximum atomic E-state index is 13.9. The van der Waals surface area contributed by atoms with Gasteiger partial charge < -0.3 is 14.7 Å². The zero-order valence-corrected chi connectivity index (χ0v) is 22.0. The van der Waals surface area contributed by atoms with Gasteiger partial charge in [-0.15, -0.1) is 0 Å². The van der Waals surface area contributed by atoms with E-state index in [4.69, 9.17) is 4.42 Å². The van der Waals surface area contributed by atoms with Gasteiger partial charge in [0, 0.05) is 48.0 Å². The molecule has 5 aromatic rings. The van der Waals surface area contributed by atoms with Crippen LogP contribution in [0.1, 0.15) is 29.4 Å². The lowest BCUT2D eigenvalue weighted by Gasteiger charge is -2.36. The fraction of sp³-hybridized carbons (Fsp3) is 0.281. The molecule has 0 spiro atoms. The Bertz CT molecular complexity index is 1550. The van der Waals surface area contributed by atoms with Gasteiger partial charge in [0.05, 0.1) is 12.1 Å². The highest BCUT2D eigenvalue weighted by atomic mass is 16.3. The largest absolute Gasteiger partial charge is 0.460 e. The van der Waals surface area contributed by atoms with E-state index >= 15 is 0 Å². The molecule has 0 aliphatic carbocycles. The summed E-state index contributed by atoms with van der Waals surface area (Å²) in [5.41, 5.74) is 4.94. The summed E-state index contributed by atoms with van der Waals surface area (Å²) < 4.78 is 6.04. The molecule has 6 nitrogen and oxygen atoms in total. The van der Waals surface area contributed by atoms with Crippen molar-refractivity contribution in [3.8, 4) is 0 Å². The summed E-state index contributed by atoms with van der Waals surface area (Å²) in [5.74, 6) is 0.805. The minimum Gasteiger partial charge on any atom is -0.460 e. The van der Waals surface area contributed by atoms with Crippen LogP contribution in [-0.4, -0.2) is 41.0 Å². The van der Waals surface area contributed by atoms with Crippen LogP contribution < -0.4 is 10.6 Å². The molecule has 1 amide bonds. The van der Waals surface area contributed by atoms with Crippen LogP contribution in [0, 0.1) is 0 Å². The number of rotatable bonds is 8. The number of amides is 1. The summed E-state index contributed by atoms with van der Waals surface area (Å²) in [4.78, 5) is 19.6. The predicted molar refractivity (Wildman–Crippen MR) is 152 cm³/mol. The van der Waals surface area contributed by atoms with E-state index in [2.05, 4.69) is 64.0 Å². The van der Waals surface area contributed by atoms with Crippen molar-refractivity contribution in [1.82, 2.24) is 20.5 Å². The number of aromatic nitrogens is 1. The van der Waals surface area contributed by atoms with E-state index < -0.39 is 5.54 Å². The molecule has 0 saturated heterocycles. The third-order valence-electron chi connectivity index (χ3n) is 7.96. The topological polar surface area (TPSA) is 73.3 Å². The molecular weight excluding hydrogens is 472 g/mol. The van der Waals surface area contributed by atoms with E-state index in [1.54, 1.807) is 0 Å². The molecule has 0 bridgehead atoms. The number of nitrogens with one attached hydrogen (secondary N) is 3. The molecule has 6 heteroatoms. The van der Waals surface area contributed by atoms with Gasteiger partial charge in [-0.05, 0) is 55.3 Å². The molecule has 2 unspecified atom stereocenters. The molecule has 2 atom stereocenters. The number of fused-ring (bicyclic) bond motifs is 3. The van der Waals surface area contributed by atoms with Crippen molar-refractivity contribution in [2.75, 3.05) is 13.6 Å². The molecule has 3 N–H and O–H groups in total. The molecule has 0 saturated carbocycles. The number of aromatic amines is 1. The van der Waals surface area contributed by atoms with Gasteiger partial charge in [-0.3, -0.25) is 15.0 Å². The highest BCUT2D eigenvalue weighted by molar-refractivity contribution is 5.89. The van der Waals surface area contributed by atoms with E-state index in [0.29, 0.717) is 19.5 Å². The Balaban J connectivity index is 1.21. The number of hydrogen-bond donors (Lipinski definition) is 3. The smallest absolute Gasteiger partial charge is 0.240 e. The number of carbonyl (C=O) groups is 1. The first-order valence-electron chi connectivity index (χ1n) is 13.3. The van der Waals surface area contributed by atoms with E-state index in [9.17, 15) is 4.79 Å². The Morgan fingerprint density at radius 1 is 1.05 bits per heavy atom. The summed E-state index contributed by atoms with van der Waals surface area (Å²) in [6.07, 6.45) is 3.50. The van der Waals surface area contributed by atoms with Gasteiger partial charge >= 0.3 is 0 Å². The Labute approximate surface area is 223 Å². The number of H-pyrrole nitrogens is 1. The quantitative estimate of drug-likeness (QED) is 0.271. The highest BCUT2D eigenvalue weighted by Crippen LogP contribution is 2.25. The lowest BCUT2D eigenvalue weighted by molar-refractivity contribution is -0.127. The molecule has 1 aliphatic rings. The van der Waals surface area contributed by atoms with Crippen LogP contribution in [0.2, 0.25) is 0 Å². The summed E-state index contributed by atoms with van der Waals surface area (Å²) in [5, 5.41) is 9.05. The number of carbonyl (C=O) groups excluding carboxylic acids is 1. The molecule has 1 aliphatic heterocycles. The minimum absolute atomic E-state index is 0.00819. The second kappa shape index (κ2) is 10.1. The van der Waals surface area contributed by atoms with Gasteiger partial charge in [-0.25, -0.2) is 0 Å². The van der Waals surface area contributed by atoms with Gasteiger partial charge in [-0.2, -0.15) is 0 Å². The van der Waals surface area contributed by atoms with Gasteiger partial charge in [0.2, 0.25) is 5.91 Å². The van der Waals surface area contributed by atoms with Crippen LogP contribution in [0.15, 0.2) is 89.5 Å². The third kappa shape index (κ3) is 4.85. The molecular formula is C32H34N4O2.